The van der Waals surface area contributed by atoms with Crippen LogP contribution in [0.25, 0.3) is 0 Å². The lowest BCUT2D eigenvalue weighted by Gasteiger charge is -2.32. The van der Waals surface area contributed by atoms with Crippen molar-refractivity contribution < 1.29 is 9.32 Å². The third-order valence-corrected chi connectivity index (χ3v) is 4.89. The summed E-state index contributed by atoms with van der Waals surface area (Å²) in [6.45, 7) is 13.1. The van der Waals surface area contributed by atoms with Crippen molar-refractivity contribution in [3.8, 4) is 0 Å². The van der Waals surface area contributed by atoms with Crippen LogP contribution in [0.1, 0.15) is 75.2 Å². The molecule has 0 spiro atoms. The Hall–Kier alpha value is -1.36. The maximum absolute atomic E-state index is 12.4. The van der Waals surface area contributed by atoms with E-state index < -0.39 is 0 Å². The molecule has 1 aromatic rings. The first kappa shape index (κ1) is 19.7. The Morgan fingerprint density at radius 2 is 1.87 bits per heavy atom. The molecule has 1 amide bonds. The van der Waals surface area contributed by atoms with Crippen molar-refractivity contribution in [2.75, 3.05) is 19.6 Å². The molecule has 0 bridgehead atoms. The van der Waals surface area contributed by atoms with Crippen molar-refractivity contribution in [3.05, 3.63) is 17.0 Å². The third-order valence-electron chi connectivity index (χ3n) is 4.89. The average Bonchev–Trinajstić information content (AvgIpc) is 2.95. The Labute approximate surface area is 140 Å². The van der Waals surface area contributed by atoms with Gasteiger partial charge in [0.05, 0.1) is 0 Å². The van der Waals surface area contributed by atoms with Gasteiger partial charge in [-0.1, -0.05) is 39.3 Å². The van der Waals surface area contributed by atoms with E-state index in [1.807, 2.05) is 13.8 Å². The monoisotopic (exact) mass is 323 g/mol. The minimum absolute atomic E-state index is 0.0919. The van der Waals surface area contributed by atoms with Crippen molar-refractivity contribution in [2.24, 2.45) is 5.41 Å². The first-order valence-electron chi connectivity index (χ1n) is 8.97. The van der Waals surface area contributed by atoms with E-state index in [2.05, 4.69) is 36.6 Å². The molecule has 0 radical (unpaired) electrons. The summed E-state index contributed by atoms with van der Waals surface area (Å²) in [6.07, 6.45) is 5.19. The SMILES string of the molecule is CCCCNCC(CC)(CC)CNC(=O)c1noc(CC)c1C. The standard InChI is InChI=1S/C18H33N3O2/c1-6-10-11-19-12-18(8-3,9-4)13-20-17(22)16-14(5)15(7-2)23-21-16/h19H,6-13H2,1-5H3,(H,20,22). The number of hydrogen-bond donors (Lipinski definition) is 2. The molecule has 2 N–H and O–H groups in total. The van der Waals surface area contributed by atoms with E-state index in [0.29, 0.717) is 12.2 Å². The molecule has 0 aliphatic carbocycles. The van der Waals surface area contributed by atoms with Gasteiger partial charge < -0.3 is 15.2 Å². The highest BCUT2D eigenvalue weighted by atomic mass is 16.5. The zero-order valence-electron chi connectivity index (χ0n) is 15.4. The fourth-order valence-corrected chi connectivity index (χ4v) is 2.73. The molecule has 0 aromatic carbocycles. The zero-order chi connectivity index (χ0) is 17.3. The molecule has 23 heavy (non-hydrogen) atoms. The summed E-state index contributed by atoms with van der Waals surface area (Å²) in [4.78, 5) is 12.4. The van der Waals surface area contributed by atoms with E-state index >= 15 is 0 Å². The molecular formula is C18H33N3O2. The lowest BCUT2D eigenvalue weighted by Crippen LogP contribution is -2.43. The van der Waals surface area contributed by atoms with E-state index in [1.165, 1.54) is 12.8 Å². The lowest BCUT2D eigenvalue weighted by molar-refractivity contribution is 0.0915. The van der Waals surface area contributed by atoms with Crippen LogP contribution in [0.2, 0.25) is 0 Å². The Morgan fingerprint density at radius 1 is 1.17 bits per heavy atom. The quantitative estimate of drug-likeness (QED) is 0.612. The number of unbranched alkanes of at least 4 members (excludes halogenated alkanes) is 1. The highest BCUT2D eigenvalue weighted by Gasteiger charge is 2.27. The maximum atomic E-state index is 12.4. The second kappa shape index (κ2) is 9.71. The summed E-state index contributed by atoms with van der Waals surface area (Å²) in [5.41, 5.74) is 1.36. The van der Waals surface area contributed by atoms with Crippen LogP contribution in [-0.4, -0.2) is 30.7 Å². The molecular weight excluding hydrogens is 290 g/mol. The molecule has 132 valence electrons. The molecule has 0 atom stereocenters. The van der Waals surface area contributed by atoms with Gasteiger partial charge in [0.1, 0.15) is 5.76 Å². The predicted molar refractivity (Wildman–Crippen MR) is 93.7 cm³/mol. The topological polar surface area (TPSA) is 67.2 Å². The maximum Gasteiger partial charge on any atom is 0.273 e. The highest BCUT2D eigenvalue weighted by Crippen LogP contribution is 2.25. The highest BCUT2D eigenvalue weighted by molar-refractivity contribution is 5.93. The number of nitrogens with zero attached hydrogens (tertiary/aromatic N) is 1. The van der Waals surface area contributed by atoms with Gasteiger partial charge in [0.25, 0.3) is 5.91 Å². The summed E-state index contributed by atoms with van der Waals surface area (Å²) < 4.78 is 5.22. The van der Waals surface area contributed by atoms with Crippen molar-refractivity contribution in [1.29, 1.82) is 0 Å². The van der Waals surface area contributed by atoms with E-state index in [4.69, 9.17) is 4.52 Å². The van der Waals surface area contributed by atoms with Crippen LogP contribution >= 0.6 is 0 Å². The second-order valence-corrected chi connectivity index (χ2v) is 6.35. The average molecular weight is 323 g/mol. The molecule has 5 heteroatoms. The van der Waals surface area contributed by atoms with Crippen molar-refractivity contribution in [1.82, 2.24) is 15.8 Å². The number of nitrogens with one attached hydrogen (secondary N) is 2. The largest absolute Gasteiger partial charge is 0.360 e. The number of rotatable bonds is 11. The van der Waals surface area contributed by atoms with Crippen molar-refractivity contribution in [3.63, 3.8) is 0 Å². The number of hydrogen-bond acceptors (Lipinski definition) is 4. The molecule has 1 aromatic heterocycles. The molecule has 0 unspecified atom stereocenters. The fraction of sp³-hybridized carbons (Fsp3) is 0.778. The lowest BCUT2D eigenvalue weighted by atomic mass is 9.82. The van der Waals surface area contributed by atoms with Crippen LogP contribution in [-0.2, 0) is 6.42 Å². The minimum atomic E-state index is -0.134. The Balaban J connectivity index is 2.62. The number of aryl methyl sites for hydroxylation is 1. The van der Waals surface area contributed by atoms with Gasteiger partial charge in [-0.3, -0.25) is 4.79 Å². The summed E-state index contributed by atoms with van der Waals surface area (Å²) in [5.74, 6) is 0.652. The van der Waals surface area contributed by atoms with Crippen LogP contribution in [0.5, 0.6) is 0 Å². The summed E-state index contributed by atoms with van der Waals surface area (Å²) >= 11 is 0. The molecule has 0 fully saturated rings. The number of amides is 1. The van der Waals surface area contributed by atoms with E-state index in [1.54, 1.807) is 0 Å². The Bertz CT molecular complexity index is 479. The molecule has 0 saturated heterocycles. The number of carbonyl (C=O) groups is 1. The molecule has 1 rings (SSSR count). The van der Waals surface area contributed by atoms with Gasteiger partial charge in [-0.2, -0.15) is 0 Å². The minimum Gasteiger partial charge on any atom is -0.360 e. The van der Waals surface area contributed by atoms with Gasteiger partial charge in [-0.05, 0) is 38.1 Å². The zero-order valence-corrected chi connectivity index (χ0v) is 15.4. The van der Waals surface area contributed by atoms with Crippen molar-refractivity contribution in [2.45, 2.75) is 66.7 Å². The van der Waals surface area contributed by atoms with Gasteiger partial charge in [0.15, 0.2) is 5.69 Å². The van der Waals surface area contributed by atoms with Gasteiger partial charge in [-0.15, -0.1) is 0 Å². The van der Waals surface area contributed by atoms with Crippen LogP contribution in [0.4, 0.5) is 0 Å². The van der Waals surface area contributed by atoms with Gasteiger partial charge in [0, 0.05) is 25.1 Å². The molecule has 0 saturated carbocycles. The van der Waals surface area contributed by atoms with Crippen LogP contribution in [0.3, 0.4) is 0 Å². The first-order valence-corrected chi connectivity index (χ1v) is 8.97. The summed E-state index contributed by atoms with van der Waals surface area (Å²) in [7, 11) is 0. The summed E-state index contributed by atoms with van der Waals surface area (Å²) in [6, 6.07) is 0. The van der Waals surface area contributed by atoms with Gasteiger partial charge in [0.2, 0.25) is 0 Å². The Kier molecular flexibility index (Phi) is 8.31. The smallest absolute Gasteiger partial charge is 0.273 e. The summed E-state index contributed by atoms with van der Waals surface area (Å²) in [5, 5.41) is 10.5. The number of aromatic nitrogens is 1. The molecule has 0 aliphatic heterocycles. The van der Waals surface area contributed by atoms with Crippen LogP contribution < -0.4 is 10.6 Å². The van der Waals surface area contributed by atoms with Gasteiger partial charge in [-0.25, -0.2) is 0 Å². The molecule has 0 aliphatic rings. The van der Waals surface area contributed by atoms with Crippen LogP contribution in [0.15, 0.2) is 4.52 Å². The van der Waals surface area contributed by atoms with E-state index in [9.17, 15) is 4.79 Å². The molecule has 1 heterocycles. The van der Waals surface area contributed by atoms with Gasteiger partial charge >= 0.3 is 0 Å². The second-order valence-electron chi connectivity index (χ2n) is 6.35. The van der Waals surface area contributed by atoms with E-state index in [-0.39, 0.29) is 11.3 Å². The molecule has 5 nitrogen and oxygen atoms in total. The number of carbonyl (C=O) groups excluding carboxylic acids is 1. The van der Waals surface area contributed by atoms with Crippen LogP contribution in [0, 0.1) is 12.3 Å². The predicted octanol–water partition coefficient (Wildman–Crippen LogP) is 3.47. The van der Waals surface area contributed by atoms with E-state index in [0.717, 1.165) is 43.7 Å². The third kappa shape index (κ3) is 5.34. The fourth-order valence-electron chi connectivity index (χ4n) is 2.73. The first-order chi connectivity index (χ1) is 11.0. The van der Waals surface area contributed by atoms with Crippen molar-refractivity contribution >= 4 is 5.91 Å². The normalized spacial score (nSPS) is 11.7. The Morgan fingerprint density at radius 3 is 2.39 bits per heavy atom.